The molecule has 2 aromatic heterocycles. The molecule has 1 aromatic carbocycles. The quantitative estimate of drug-likeness (QED) is 0.680. The summed E-state index contributed by atoms with van der Waals surface area (Å²) in [5.74, 6) is 1.15. The van der Waals surface area contributed by atoms with Gasteiger partial charge in [0, 0.05) is 35.4 Å². The van der Waals surface area contributed by atoms with Crippen LogP contribution in [-0.4, -0.2) is 27.7 Å². The normalized spacial score (nSPS) is 15.2. The molecule has 4 rings (SSSR count). The monoisotopic (exact) mass is 340 g/mol. The molecule has 0 amide bonds. The Balaban J connectivity index is 1.91. The van der Waals surface area contributed by atoms with Gasteiger partial charge in [0.2, 0.25) is 0 Å². The summed E-state index contributed by atoms with van der Waals surface area (Å²) in [6.07, 6.45) is 3.80. The Morgan fingerprint density at radius 2 is 1.71 bits per heavy atom. The van der Waals surface area contributed by atoms with E-state index in [0.29, 0.717) is 0 Å². The summed E-state index contributed by atoms with van der Waals surface area (Å²) in [6.45, 7) is 6.29. The van der Waals surface area contributed by atoms with E-state index in [-0.39, 0.29) is 0 Å². The molecule has 0 atom stereocenters. The van der Waals surface area contributed by atoms with Crippen LogP contribution in [0.15, 0.2) is 30.3 Å². The Morgan fingerprint density at radius 1 is 1.00 bits per heavy atom. The highest BCUT2D eigenvalue weighted by Crippen LogP contribution is 2.31. The van der Waals surface area contributed by atoms with Crippen LogP contribution in [0.3, 0.4) is 0 Å². The minimum Gasteiger partial charge on any atom is -0.356 e. The molecule has 0 unspecified atom stereocenters. The summed E-state index contributed by atoms with van der Waals surface area (Å²) in [4.78, 5) is 7.23. The summed E-state index contributed by atoms with van der Waals surface area (Å²) in [5, 5.41) is 5.55. The molecule has 124 valence electrons. The number of rotatable bonds is 2. The second-order valence-electron chi connectivity index (χ2n) is 6.51. The van der Waals surface area contributed by atoms with Crippen molar-refractivity contribution < 1.29 is 0 Å². The maximum absolute atomic E-state index is 6.04. The number of aryl methyl sites for hydroxylation is 2. The smallest absolute Gasteiger partial charge is 0.165 e. The van der Waals surface area contributed by atoms with Crippen molar-refractivity contribution in [1.82, 2.24) is 14.6 Å². The summed E-state index contributed by atoms with van der Waals surface area (Å²) in [7, 11) is 0. The van der Waals surface area contributed by atoms with Gasteiger partial charge in [-0.15, -0.1) is 0 Å². The standard InChI is InChI=1S/C19H21ClN4/c1-13-12-17(23-10-4-3-5-11-23)24-19(21-13)18(14(2)22-24)15-6-8-16(20)9-7-15/h6-9,12H,3-5,10-11H2,1-2H3. The first-order chi connectivity index (χ1) is 11.6. The number of halogens is 1. The first-order valence-corrected chi connectivity index (χ1v) is 8.89. The lowest BCUT2D eigenvalue weighted by Gasteiger charge is -2.29. The predicted octanol–water partition coefficient (Wildman–Crippen LogP) is 4.66. The van der Waals surface area contributed by atoms with Crippen LogP contribution in [0.4, 0.5) is 5.82 Å². The lowest BCUT2D eigenvalue weighted by atomic mass is 10.1. The highest BCUT2D eigenvalue weighted by Gasteiger charge is 2.20. The van der Waals surface area contributed by atoms with E-state index in [4.69, 9.17) is 21.7 Å². The van der Waals surface area contributed by atoms with Crippen LogP contribution in [0.1, 0.15) is 30.7 Å². The van der Waals surface area contributed by atoms with E-state index < -0.39 is 0 Å². The summed E-state index contributed by atoms with van der Waals surface area (Å²) < 4.78 is 2.01. The maximum Gasteiger partial charge on any atom is 0.165 e. The molecule has 0 bridgehead atoms. The van der Waals surface area contributed by atoms with Crippen molar-refractivity contribution in [2.24, 2.45) is 0 Å². The number of fused-ring (bicyclic) bond motifs is 1. The molecule has 0 aliphatic carbocycles. The molecular weight excluding hydrogens is 320 g/mol. The second kappa shape index (κ2) is 6.10. The molecule has 3 aromatic rings. The summed E-state index contributed by atoms with van der Waals surface area (Å²) in [6, 6.07) is 10.1. The number of benzene rings is 1. The molecule has 5 heteroatoms. The van der Waals surface area contributed by atoms with Crippen LogP contribution in [0.25, 0.3) is 16.8 Å². The molecule has 3 heterocycles. The van der Waals surface area contributed by atoms with Crippen molar-refractivity contribution >= 4 is 23.1 Å². The second-order valence-corrected chi connectivity index (χ2v) is 6.94. The molecule has 1 aliphatic heterocycles. The van der Waals surface area contributed by atoms with Crippen LogP contribution < -0.4 is 4.90 Å². The van der Waals surface area contributed by atoms with E-state index in [9.17, 15) is 0 Å². The first kappa shape index (κ1) is 15.5. The Bertz CT molecular complexity index is 877. The number of nitrogens with zero attached hydrogens (tertiary/aromatic N) is 4. The summed E-state index contributed by atoms with van der Waals surface area (Å²) >= 11 is 6.04. The SMILES string of the molecule is Cc1cc(N2CCCCC2)n2nc(C)c(-c3ccc(Cl)cc3)c2n1. The fraction of sp³-hybridized carbons (Fsp3) is 0.368. The third-order valence-corrected chi connectivity index (χ3v) is 4.94. The van der Waals surface area contributed by atoms with Gasteiger partial charge in [0.15, 0.2) is 5.65 Å². The maximum atomic E-state index is 6.04. The van der Waals surface area contributed by atoms with Gasteiger partial charge in [0.05, 0.1) is 5.69 Å². The van der Waals surface area contributed by atoms with Crippen molar-refractivity contribution in [3.63, 3.8) is 0 Å². The topological polar surface area (TPSA) is 33.4 Å². The average molecular weight is 341 g/mol. The van der Waals surface area contributed by atoms with Crippen LogP contribution in [-0.2, 0) is 0 Å². The third-order valence-electron chi connectivity index (χ3n) is 4.69. The molecule has 0 spiro atoms. The molecule has 1 saturated heterocycles. The van der Waals surface area contributed by atoms with Crippen molar-refractivity contribution in [2.75, 3.05) is 18.0 Å². The van der Waals surface area contributed by atoms with Gasteiger partial charge < -0.3 is 4.90 Å². The van der Waals surface area contributed by atoms with Gasteiger partial charge in [-0.1, -0.05) is 23.7 Å². The van der Waals surface area contributed by atoms with Crippen LogP contribution >= 0.6 is 11.6 Å². The fourth-order valence-corrected chi connectivity index (χ4v) is 3.65. The molecule has 24 heavy (non-hydrogen) atoms. The lowest BCUT2D eigenvalue weighted by molar-refractivity contribution is 0.568. The van der Waals surface area contributed by atoms with Crippen LogP contribution in [0, 0.1) is 13.8 Å². The van der Waals surface area contributed by atoms with Gasteiger partial charge in [-0.3, -0.25) is 0 Å². The molecular formula is C19H21ClN4. The molecule has 1 aliphatic rings. The molecule has 0 saturated carbocycles. The Labute approximate surface area is 147 Å². The van der Waals surface area contributed by atoms with Gasteiger partial charge >= 0.3 is 0 Å². The van der Waals surface area contributed by atoms with E-state index >= 15 is 0 Å². The van der Waals surface area contributed by atoms with Gasteiger partial charge in [-0.2, -0.15) is 9.61 Å². The van der Waals surface area contributed by atoms with Crippen LogP contribution in [0.5, 0.6) is 0 Å². The van der Waals surface area contributed by atoms with E-state index in [1.807, 2.05) is 35.7 Å². The van der Waals surface area contributed by atoms with E-state index in [1.54, 1.807) is 0 Å². The first-order valence-electron chi connectivity index (χ1n) is 8.51. The Morgan fingerprint density at radius 3 is 2.42 bits per heavy atom. The zero-order valence-corrected chi connectivity index (χ0v) is 14.8. The van der Waals surface area contributed by atoms with Gasteiger partial charge in [0.1, 0.15) is 5.82 Å². The number of anilines is 1. The molecule has 1 fully saturated rings. The Hall–Kier alpha value is -2.07. The third kappa shape index (κ3) is 2.65. The van der Waals surface area contributed by atoms with Crippen LogP contribution in [0.2, 0.25) is 5.02 Å². The Kier molecular flexibility index (Phi) is 3.93. The summed E-state index contributed by atoms with van der Waals surface area (Å²) in [5.41, 5.74) is 5.14. The van der Waals surface area contributed by atoms with Crippen molar-refractivity contribution in [3.05, 3.63) is 46.7 Å². The van der Waals surface area contributed by atoms with E-state index in [2.05, 4.69) is 17.9 Å². The number of hydrogen-bond acceptors (Lipinski definition) is 3. The van der Waals surface area contributed by atoms with E-state index in [1.165, 1.54) is 19.3 Å². The van der Waals surface area contributed by atoms with Crippen molar-refractivity contribution in [2.45, 2.75) is 33.1 Å². The minimum atomic E-state index is 0.742. The largest absolute Gasteiger partial charge is 0.356 e. The zero-order valence-electron chi connectivity index (χ0n) is 14.1. The highest BCUT2D eigenvalue weighted by atomic mass is 35.5. The average Bonchev–Trinajstić information content (AvgIpc) is 2.91. The van der Waals surface area contributed by atoms with Gasteiger partial charge in [-0.25, -0.2) is 4.98 Å². The molecule has 0 N–H and O–H groups in total. The van der Waals surface area contributed by atoms with Crippen molar-refractivity contribution in [3.8, 4) is 11.1 Å². The molecule has 0 radical (unpaired) electrons. The van der Waals surface area contributed by atoms with Gasteiger partial charge in [-0.05, 0) is 50.8 Å². The van der Waals surface area contributed by atoms with Crippen molar-refractivity contribution in [1.29, 1.82) is 0 Å². The number of piperidine rings is 1. The number of hydrogen-bond donors (Lipinski definition) is 0. The minimum absolute atomic E-state index is 0.742. The highest BCUT2D eigenvalue weighted by molar-refractivity contribution is 6.30. The lowest BCUT2D eigenvalue weighted by Crippen LogP contribution is -2.31. The fourth-order valence-electron chi connectivity index (χ4n) is 3.53. The zero-order chi connectivity index (χ0) is 16.7. The number of aromatic nitrogens is 3. The van der Waals surface area contributed by atoms with E-state index in [0.717, 1.165) is 52.1 Å². The predicted molar refractivity (Wildman–Crippen MR) is 99.0 cm³/mol. The van der Waals surface area contributed by atoms with Gasteiger partial charge in [0.25, 0.3) is 0 Å². The molecule has 4 nitrogen and oxygen atoms in total.